The number of rotatable bonds is 3. The second kappa shape index (κ2) is 8.64. The van der Waals surface area contributed by atoms with Gasteiger partial charge >= 0.3 is 12.1 Å². The van der Waals surface area contributed by atoms with E-state index in [2.05, 4.69) is 0 Å². The highest BCUT2D eigenvalue weighted by Gasteiger charge is 2.32. The number of hydrogen-bond acceptors (Lipinski definition) is 4. The fourth-order valence-electron chi connectivity index (χ4n) is 3.07. The number of carbonyl (C=O) groups excluding carboxylic acids is 2. The molecule has 2 aromatic carbocycles. The van der Waals surface area contributed by atoms with Crippen LogP contribution < -0.4 is 0 Å². The number of halogens is 2. The van der Waals surface area contributed by atoms with E-state index in [0.717, 1.165) is 11.1 Å². The Morgan fingerprint density at radius 3 is 2.55 bits per heavy atom. The van der Waals surface area contributed by atoms with E-state index in [9.17, 15) is 9.59 Å². The molecule has 1 fully saturated rings. The third-order valence-electron chi connectivity index (χ3n) is 4.41. The lowest BCUT2D eigenvalue weighted by molar-refractivity contribution is 0.0191. The van der Waals surface area contributed by atoms with E-state index in [0.29, 0.717) is 35.1 Å². The Balaban J connectivity index is 1.65. The van der Waals surface area contributed by atoms with Gasteiger partial charge in [-0.15, -0.1) is 0 Å². The maximum absolute atomic E-state index is 12.6. The lowest BCUT2D eigenvalue weighted by atomic mass is 10.0. The Kier molecular flexibility index (Phi) is 6.39. The summed E-state index contributed by atoms with van der Waals surface area (Å²) in [5, 5.41) is 1.05. The summed E-state index contributed by atoms with van der Waals surface area (Å²) in [6, 6.07) is 12.3. The summed E-state index contributed by atoms with van der Waals surface area (Å²) >= 11 is 12.2. The number of benzene rings is 2. The van der Waals surface area contributed by atoms with Crippen molar-refractivity contribution in [3.8, 4) is 11.1 Å². The minimum atomic E-state index is -0.560. The van der Waals surface area contributed by atoms with Crippen LogP contribution in [0.3, 0.4) is 0 Å². The summed E-state index contributed by atoms with van der Waals surface area (Å²) in [5.41, 5.74) is 1.43. The van der Waals surface area contributed by atoms with E-state index < -0.39 is 17.7 Å². The maximum Gasteiger partial charge on any atom is 0.410 e. The molecule has 0 aliphatic carbocycles. The maximum atomic E-state index is 12.6. The first-order valence-corrected chi connectivity index (χ1v) is 10.1. The molecule has 5 nitrogen and oxygen atoms in total. The van der Waals surface area contributed by atoms with Gasteiger partial charge in [-0.25, -0.2) is 9.59 Å². The Morgan fingerprint density at radius 1 is 1.10 bits per heavy atom. The van der Waals surface area contributed by atoms with Gasteiger partial charge in [0, 0.05) is 28.6 Å². The highest BCUT2D eigenvalue weighted by atomic mass is 35.5. The predicted molar refractivity (Wildman–Crippen MR) is 114 cm³/mol. The van der Waals surface area contributed by atoms with Crippen molar-refractivity contribution in [2.75, 3.05) is 13.1 Å². The first-order chi connectivity index (χ1) is 13.6. The molecule has 0 saturated carbocycles. The quantitative estimate of drug-likeness (QED) is 0.569. The molecule has 0 aromatic heterocycles. The van der Waals surface area contributed by atoms with E-state index in [4.69, 9.17) is 32.7 Å². The lowest BCUT2D eigenvalue weighted by Crippen LogP contribution is -2.36. The van der Waals surface area contributed by atoms with E-state index in [1.54, 1.807) is 35.2 Å². The molecule has 0 bridgehead atoms. The fourth-order valence-corrected chi connectivity index (χ4v) is 3.59. The summed E-state index contributed by atoms with van der Waals surface area (Å²) in [6.45, 7) is 6.27. The van der Waals surface area contributed by atoms with Crippen LogP contribution in [-0.4, -0.2) is 41.8 Å². The van der Waals surface area contributed by atoms with Crippen molar-refractivity contribution >= 4 is 35.3 Å². The van der Waals surface area contributed by atoms with Crippen LogP contribution in [0.15, 0.2) is 42.5 Å². The van der Waals surface area contributed by atoms with Crippen molar-refractivity contribution in [2.24, 2.45) is 0 Å². The Bertz CT molecular complexity index is 923. The molecule has 1 atom stereocenters. The van der Waals surface area contributed by atoms with Crippen LogP contribution in [0.4, 0.5) is 4.79 Å². The van der Waals surface area contributed by atoms with Crippen molar-refractivity contribution < 1.29 is 19.1 Å². The number of amides is 1. The minimum absolute atomic E-state index is 0.323. The van der Waals surface area contributed by atoms with Gasteiger partial charge in [0.05, 0.1) is 12.1 Å². The van der Waals surface area contributed by atoms with Crippen LogP contribution in [0.25, 0.3) is 11.1 Å². The normalized spacial score (nSPS) is 16.6. The smallest absolute Gasteiger partial charge is 0.410 e. The summed E-state index contributed by atoms with van der Waals surface area (Å²) in [7, 11) is 0. The molecule has 29 heavy (non-hydrogen) atoms. The predicted octanol–water partition coefficient (Wildman–Crippen LogP) is 5.83. The molecule has 1 heterocycles. The topological polar surface area (TPSA) is 55.8 Å². The Hall–Kier alpha value is -2.24. The van der Waals surface area contributed by atoms with Gasteiger partial charge in [0.2, 0.25) is 0 Å². The zero-order valence-corrected chi connectivity index (χ0v) is 18.1. The van der Waals surface area contributed by atoms with Crippen molar-refractivity contribution in [1.82, 2.24) is 4.90 Å². The molecule has 0 N–H and O–H groups in total. The highest BCUT2D eigenvalue weighted by Crippen LogP contribution is 2.31. The zero-order chi connectivity index (χ0) is 21.2. The summed E-state index contributed by atoms with van der Waals surface area (Å²) in [5.74, 6) is -0.437. The highest BCUT2D eigenvalue weighted by molar-refractivity contribution is 6.36. The number of carbonyl (C=O) groups is 2. The molecule has 1 aliphatic heterocycles. The van der Waals surface area contributed by atoms with Crippen molar-refractivity contribution in [3.05, 3.63) is 58.1 Å². The first-order valence-electron chi connectivity index (χ1n) is 9.37. The molecular weight excluding hydrogens is 413 g/mol. The average molecular weight is 436 g/mol. The number of hydrogen-bond donors (Lipinski definition) is 0. The number of likely N-dealkylation sites (tertiary alicyclic amines) is 1. The molecule has 7 heteroatoms. The van der Waals surface area contributed by atoms with Crippen LogP contribution >= 0.6 is 23.2 Å². The van der Waals surface area contributed by atoms with Crippen LogP contribution in [0.5, 0.6) is 0 Å². The molecular formula is C22H23Cl2NO4. The first kappa shape index (κ1) is 21.5. The second-order valence-corrected chi connectivity index (χ2v) is 8.79. The van der Waals surface area contributed by atoms with Crippen molar-refractivity contribution in [2.45, 2.75) is 38.9 Å². The monoisotopic (exact) mass is 435 g/mol. The largest absolute Gasteiger partial charge is 0.457 e. The molecule has 154 valence electrons. The van der Waals surface area contributed by atoms with E-state index >= 15 is 0 Å². The molecule has 0 radical (unpaired) electrons. The summed E-state index contributed by atoms with van der Waals surface area (Å²) in [6.07, 6.45) is -0.179. The summed E-state index contributed by atoms with van der Waals surface area (Å²) < 4.78 is 11.0. The van der Waals surface area contributed by atoms with Gasteiger partial charge in [-0.2, -0.15) is 0 Å². The van der Waals surface area contributed by atoms with Crippen LogP contribution in [0, 0.1) is 0 Å². The molecule has 0 unspecified atom stereocenters. The molecule has 0 spiro atoms. The van der Waals surface area contributed by atoms with Crippen LogP contribution in [-0.2, 0) is 9.47 Å². The molecule has 1 amide bonds. The van der Waals surface area contributed by atoms with Gasteiger partial charge in [-0.1, -0.05) is 41.4 Å². The van der Waals surface area contributed by atoms with Crippen LogP contribution in [0.1, 0.15) is 37.6 Å². The van der Waals surface area contributed by atoms with Gasteiger partial charge in [0.15, 0.2) is 0 Å². The fraction of sp³-hybridized carbons (Fsp3) is 0.364. The zero-order valence-electron chi connectivity index (χ0n) is 16.6. The van der Waals surface area contributed by atoms with Gasteiger partial charge in [0.25, 0.3) is 0 Å². The number of esters is 1. The van der Waals surface area contributed by atoms with Crippen molar-refractivity contribution in [3.63, 3.8) is 0 Å². The number of ether oxygens (including phenoxy) is 2. The average Bonchev–Trinajstić information content (AvgIpc) is 3.09. The van der Waals surface area contributed by atoms with Gasteiger partial charge in [-0.05, 0) is 50.6 Å². The van der Waals surface area contributed by atoms with Gasteiger partial charge < -0.3 is 14.4 Å². The SMILES string of the molecule is CC(C)(C)OC(=O)N1CC[C@@H](OC(=O)c2cccc(-c3ccc(Cl)cc3Cl)c2)C1. The second-order valence-electron chi connectivity index (χ2n) is 7.95. The Morgan fingerprint density at radius 2 is 1.86 bits per heavy atom. The molecule has 3 rings (SSSR count). The summed E-state index contributed by atoms with van der Waals surface area (Å²) in [4.78, 5) is 26.3. The third-order valence-corrected chi connectivity index (χ3v) is 4.96. The molecule has 2 aromatic rings. The molecule has 1 saturated heterocycles. The van der Waals surface area contributed by atoms with Crippen molar-refractivity contribution in [1.29, 1.82) is 0 Å². The standard InChI is InChI=1S/C22H23Cl2NO4/c1-22(2,3)29-21(27)25-10-9-17(13-25)28-20(26)15-6-4-5-14(11-15)18-8-7-16(23)12-19(18)24/h4-8,11-12,17H,9-10,13H2,1-3H3/t17-/m1/s1. The van der Waals surface area contributed by atoms with Gasteiger partial charge in [0.1, 0.15) is 11.7 Å². The van der Waals surface area contributed by atoms with Crippen LogP contribution in [0.2, 0.25) is 10.0 Å². The van der Waals surface area contributed by atoms with E-state index in [-0.39, 0.29) is 6.10 Å². The van der Waals surface area contributed by atoms with E-state index in [1.165, 1.54) is 0 Å². The lowest BCUT2D eigenvalue weighted by Gasteiger charge is -2.24. The third kappa shape index (κ3) is 5.64. The van der Waals surface area contributed by atoms with Gasteiger partial charge in [-0.3, -0.25) is 0 Å². The Labute approximate surface area is 180 Å². The number of nitrogens with zero attached hydrogens (tertiary/aromatic N) is 1. The minimum Gasteiger partial charge on any atom is -0.457 e. The molecule has 1 aliphatic rings. The van der Waals surface area contributed by atoms with E-state index in [1.807, 2.05) is 32.9 Å².